The van der Waals surface area contributed by atoms with Gasteiger partial charge in [0.1, 0.15) is 5.82 Å². The summed E-state index contributed by atoms with van der Waals surface area (Å²) in [6.45, 7) is 7.10. The molecule has 4 aliphatic rings. The summed E-state index contributed by atoms with van der Waals surface area (Å²) in [5, 5.41) is 21.3. The lowest BCUT2D eigenvalue weighted by atomic mass is 9.45. The molecule has 7 atom stereocenters. The normalized spacial score (nSPS) is 44.0. The van der Waals surface area contributed by atoms with Crippen LogP contribution >= 0.6 is 0 Å². The molecule has 1 aromatic carbocycles. The average molecular weight is 397 g/mol. The van der Waals surface area contributed by atoms with Crippen molar-refractivity contribution in [2.75, 3.05) is 0 Å². The van der Waals surface area contributed by atoms with Crippen LogP contribution in [0.3, 0.4) is 0 Å². The van der Waals surface area contributed by atoms with E-state index < -0.39 is 0 Å². The Kier molecular flexibility index (Phi) is 4.30. The fourth-order valence-corrected chi connectivity index (χ4v) is 7.77. The maximum absolute atomic E-state index is 13.5. The highest BCUT2D eigenvalue weighted by Crippen LogP contribution is 2.68. The number of hydrogen-bond donors (Lipinski definition) is 2. The zero-order valence-electron chi connectivity index (χ0n) is 17.8. The summed E-state index contributed by atoms with van der Waals surface area (Å²) in [6.07, 6.45) is 8.03. The van der Waals surface area contributed by atoms with E-state index in [1.807, 2.05) is 12.1 Å². The van der Waals surface area contributed by atoms with Crippen LogP contribution in [0.4, 0.5) is 4.39 Å². The first-order valence-corrected chi connectivity index (χ1v) is 11.3. The van der Waals surface area contributed by atoms with Gasteiger partial charge in [-0.15, -0.1) is 0 Å². The van der Waals surface area contributed by atoms with E-state index in [0.29, 0.717) is 29.4 Å². The van der Waals surface area contributed by atoms with Gasteiger partial charge in [0.2, 0.25) is 0 Å². The van der Waals surface area contributed by atoms with Crippen LogP contribution in [0, 0.1) is 40.3 Å². The van der Waals surface area contributed by atoms with E-state index in [0.717, 1.165) is 49.7 Å². The Hall–Kier alpha value is -1.61. The summed E-state index contributed by atoms with van der Waals surface area (Å²) in [5.74, 6) is 2.30. The van der Waals surface area contributed by atoms with E-state index in [4.69, 9.17) is 0 Å². The molecule has 2 nitrogen and oxygen atoms in total. The number of benzene rings is 1. The van der Waals surface area contributed by atoms with Crippen molar-refractivity contribution in [3.8, 4) is 0 Å². The monoisotopic (exact) mass is 396 g/mol. The number of fused-ring (bicyclic) bond motifs is 5. The molecule has 0 aliphatic heterocycles. The number of aliphatic hydroxyl groups is 2. The number of hydrogen-bond acceptors (Lipinski definition) is 2. The van der Waals surface area contributed by atoms with Crippen molar-refractivity contribution in [1.82, 2.24) is 0 Å². The van der Waals surface area contributed by atoms with Gasteiger partial charge in [-0.2, -0.15) is 0 Å². The Bertz CT molecular complexity index is 884. The summed E-state index contributed by atoms with van der Waals surface area (Å²) in [6, 6.07) is 6.66. The van der Waals surface area contributed by atoms with Crippen LogP contribution in [0.2, 0.25) is 0 Å². The van der Waals surface area contributed by atoms with Crippen LogP contribution in [0.25, 0.3) is 5.57 Å². The molecule has 2 fully saturated rings. The number of halogens is 1. The second kappa shape index (κ2) is 6.44. The minimum absolute atomic E-state index is 0.0623. The molecule has 3 heteroatoms. The molecule has 0 saturated heterocycles. The summed E-state index contributed by atoms with van der Waals surface area (Å²) in [7, 11) is 0. The fraction of sp³-hybridized carbons (Fsp3) is 0.615. The molecule has 0 aromatic heterocycles. The Labute approximate surface area is 173 Å². The maximum Gasteiger partial charge on any atom is 0.123 e. The van der Waals surface area contributed by atoms with Crippen molar-refractivity contribution in [3.63, 3.8) is 0 Å². The lowest BCUT2D eigenvalue weighted by Gasteiger charge is -2.59. The van der Waals surface area contributed by atoms with Crippen LogP contribution in [0.15, 0.2) is 41.7 Å². The first-order valence-electron chi connectivity index (χ1n) is 11.3. The third-order valence-electron chi connectivity index (χ3n) is 9.20. The van der Waals surface area contributed by atoms with Crippen LogP contribution in [-0.4, -0.2) is 16.3 Å². The molecule has 1 aromatic rings. The van der Waals surface area contributed by atoms with Gasteiger partial charge >= 0.3 is 0 Å². The SMILES string of the molecule is CC1C=C2CC(O)CC[C@]2(C)[C@@H]2CC[C@]3(C)C(c4ccc(F)cc4)=C(O)C[C@H]3[C@H]12. The maximum atomic E-state index is 13.5. The molecule has 0 radical (unpaired) electrons. The molecule has 0 heterocycles. The zero-order chi connectivity index (χ0) is 20.6. The van der Waals surface area contributed by atoms with E-state index in [-0.39, 0.29) is 22.8 Å². The summed E-state index contributed by atoms with van der Waals surface area (Å²) >= 11 is 0. The number of allylic oxidation sites excluding steroid dienone is 3. The highest BCUT2D eigenvalue weighted by atomic mass is 19.1. The Morgan fingerprint density at radius 2 is 1.66 bits per heavy atom. The summed E-state index contributed by atoms with van der Waals surface area (Å²) in [5.41, 5.74) is 3.62. The van der Waals surface area contributed by atoms with Crippen molar-refractivity contribution in [3.05, 3.63) is 53.1 Å². The van der Waals surface area contributed by atoms with Gasteiger partial charge in [0.15, 0.2) is 0 Å². The molecule has 2 unspecified atom stereocenters. The van der Waals surface area contributed by atoms with E-state index in [1.165, 1.54) is 17.7 Å². The zero-order valence-corrected chi connectivity index (χ0v) is 17.8. The summed E-state index contributed by atoms with van der Waals surface area (Å²) < 4.78 is 13.5. The van der Waals surface area contributed by atoms with Gasteiger partial charge in [-0.05, 0) is 84.3 Å². The largest absolute Gasteiger partial charge is 0.512 e. The minimum Gasteiger partial charge on any atom is -0.512 e. The third kappa shape index (κ3) is 2.69. The van der Waals surface area contributed by atoms with Gasteiger partial charge in [0.25, 0.3) is 0 Å². The quantitative estimate of drug-likeness (QED) is 0.549. The predicted molar refractivity (Wildman–Crippen MR) is 114 cm³/mol. The Morgan fingerprint density at radius 3 is 2.38 bits per heavy atom. The van der Waals surface area contributed by atoms with Crippen LogP contribution < -0.4 is 0 Å². The van der Waals surface area contributed by atoms with Gasteiger partial charge in [-0.1, -0.05) is 44.6 Å². The van der Waals surface area contributed by atoms with Crippen LogP contribution in [-0.2, 0) is 0 Å². The van der Waals surface area contributed by atoms with Crippen molar-refractivity contribution in [2.24, 2.45) is 34.5 Å². The molecule has 2 N–H and O–H groups in total. The molecule has 0 bridgehead atoms. The van der Waals surface area contributed by atoms with E-state index >= 15 is 0 Å². The second-order valence-electron chi connectivity index (χ2n) is 10.6. The predicted octanol–water partition coefficient (Wildman–Crippen LogP) is 6.27. The molecule has 2 saturated carbocycles. The molecule has 5 rings (SSSR count). The average Bonchev–Trinajstić information content (AvgIpc) is 2.94. The first kappa shape index (κ1) is 19.4. The first-order chi connectivity index (χ1) is 13.7. The molecule has 0 amide bonds. The fourth-order valence-electron chi connectivity index (χ4n) is 7.77. The van der Waals surface area contributed by atoms with Crippen molar-refractivity contribution < 1.29 is 14.6 Å². The standard InChI is InChI=1S/C26H33FO2/c1-15-12-17-13-19(28)8-10-25(17,2)20-9-11-26(3)21(23(15)20)14-22(29)24(26)16-4-6-18(27)7-5-16/h4-7,12,15,19-21,23,28-29H,8-11,13-14H2,1-3H3/t15?,19?,20-,21+,23-,25+,26+/m1/s1. The number of aliphatic hydroxyl groups excluding tert-OH is 2. The Morgan fingerprint density at radius 1 is 0.966 bits per heavy atom. The van der Waals surface area contributed by atoms with E-state index in [2.05, 4.69) is 26.8 Å². The van der Waals surface area contributed by atoms with Gasteiger partial charge in [0, 0.05) is 12.0 Å². The minimum atomic E-state index is -0.233. The molecule has 29 heavy (non-hydrogen) atoms. The lowest BCUT2D eigenvalue weighted by molar-refractivity contribution is -0.0437. The van der Waals surface area contributed by atoms with Crippen LogP contribution in [0.1, 0.15) is 64.9 Å². The van der Waals surface area contributed by atoms with Crippen molar-refractivity contribution >= 4 is 5.57 Å². The number of rotatable bonds is 1. The van der Waals surface area contributed by atoms with Gasteiger partial charge in [-0.25, -0.2) is 4.39 Å². The molecular formula is C26H33FO2. The summed E-state index contributed by atoms with van der Waals surface area (Å²) in [4.78, 5) is 0. The van der Waals surface area contributed by atoms with Crippen molar-refractivity contribution in [2.45, 2.75) is 65.4 Å². The molecule has 156 valence electrons. The van der Waals surface area contributed by atoms with Gasteiger partial charge in [-0.3, -0.25) is 0 Å². The molecule has 4 aliphatic carbocycles. The lowest BCUT2D eigenvalue weighted by Crippen LogP contribution is -2.52. The highest BCUT2D eigenvalue weighted by Gasteiger charge is 2.59. The van der Waals surface area contributed by atoms with Gasteiger partial charge in [0.05, 0.1) is 11.9 Å². The highest BCUT2D eigenvalue weighted by molar-refractivity contribution is 5.74. The third-order valence-corrected chi connectivity index (χ3v) is 9.20. The van der Waals surface area contributed by atoms with E-state index in [9.17, 15) is 14.6 Å². The Balaban J connectivity index is 1.54. The van der Waals surface area contributed by atoms with Crippen molar-refractivity contribution in [1.29, 1.82) is 0 Å². The second-order valence-corrected chi connectivity index (χ2v) is 10.6. The topological polar surface area (TPSA) is 40.5 Å². The van der Waals surface area contributed by atoms with Gasteiger partial charge < -0.3 is 10.2 Å². The molecular weight excluding hydrogens is 363 g/mol. The molecule has 0 spiro atoms. The van der Waals surface area contributed by atoms with Crippen LogP contribution in [0.5, 0.6) is 0 Å². The smallest absolute Gasteiger partial charge is 0.123 e. The van der Waals surface area contributed by atoms with E-state index in [1.54, 1.807) is 0 Å².